The molecule has 1 rings (SSSR count). The van der Waals surface area contributed by atoms with Crippen molar-refractivity contribution in [3.05, 3.63) is 34.9 Å². The van der Waals surface area contributed by atoms with Gasteiger partial charge in [-0.15, -0.1) is 0 Å². The molecule has 1 unspecified atom stereocenters. The normalized spacial score (nSPS) is 13.8. The molecule has 0 heterocycles. The van der Waals surface area contributed by atoms with Gasteiger partial charge in [0.25, 0.3) is 5.91 Å². The van der Waals surface area contributed by atoms with Crippen molar-refractivity contribution in [3.63, 3.8) is 0 Å². The van der Waals surface area contributed by atoms with Gasteiger partial charge in [-0.2, -0.15) is 26.3 Å². The molecule has 0 saturated carbocycles. The molecule has 0 spiro atoms. The van der Waals surface area contributed by atoms with Crippen LogP contribution in [0.25, 0.3) is 0 Å². The smallest absolute Gasteiger partial charge is 0.393 e. The highest BCUT2D eigenvalue weighted by atomic mass is 19.4. The molecule has 1 atom stereocenters. The van der Waals surface area contributed by atoms with Gasteiger partial charge in [0, 0.05) is 12.1 Å². The van der Waals surface area contributed by atoms with Crippen LogP contribution in [0.2, 0.25) is 0 Å². The van der Waals surface area contributed by atoms with Crippen LogP contribution in [0.5, 0.6) is 0 Å². The average molecular weight is 329 g/mol. The predicted molar refractivity (Wildman–Crippen MR) is 65.1 cm³/mol. The number of aliphatic hydroxyl groups is 1. The molecule has 2 N–H and O–H groups in total. The molecule has 1 aromatic carbocycles. The second-order valence-electron chi connectivity index (χ2n) is 4.69. The van der Waals surface area contributed by atoms with E-state index in [2.05, 4.69) is 5.32 Å². The quantitative estimate of drug-likeness (QED) is 0.834. The number of aliphatic hydroxyl groups excluding tert-OH is 1. The summed E-state index contributed by atoms with van der Waals surface area (Å²) in [5.41, 5.74) is -3.85. The van der Waals surface area contributed by atoms with Crippen molar-refractivity contribution in [3.8, 4) is 0 Å². The lowest BCUT2D eigenvalue weighted by molar-refractivity contribution is -0.143. The van der Waals surface area contributed by atoms with Gasteiger partial charge >= 0.3 is 12.4 Å². The molecule has 22 heavy (non-hydrogen) atoms. The first-order valence-electron chi connectivity index (χ1n) is 6.17. The summed E-state index contributed by atoms with van der Waals surface area (Å²) < 4.78 is 75.8. The Kier molecular flexibility index (Phi) is 5.44. The van der Waals surface area contributed by atoms with Crippen LogP contribution < -0.4 is 5.32 Å². The maximum Gasteiger partial charge on any atom is 0.416 e. The minimum atomic E-state index is -5.00. The largest absolute Gasteiger partial charge is 0.416 e. The van der Waals surface area contributed by atoms with Crippen molar-refractivity contribution in [1.29, 1.82) is 0 Å². The van der Waals surface area contributed by atoms with E-state index in [1.807, 2.05) is 0 Å². The molecular formula is C13H13F6NO2. The second kappa shape index (κ2) is 6.55. The first kappa shape index (κ1) is 18.3. The predicted octanol–water partition coefficient (Wildman–Crippen LogP) is 3.22. The van der Waals surface area contributed by atoms with Crippen molar-refractivity contribution < 1.29 is 36.2 Å². The SMILES string of the molecule is CC(O)CCNC(=O)c1cc(C(F)(F)F)cc(C(F)(F)F)c1. The minimum absolute atomic E-state index is 0.0490. The molecule has 0 fully saturated rings. The number of benzene rings is 1. The Morgan fingerprint density at radius 2 is 1.55 bits per heavy atom. The number of hydrogen-bond donors (Lipinski definition) is 2. The van der Waals surface area contributed by atoms with Gasteiger partial charge in [-0.25, -0.2) is 0 Å². The maximum atomic E-state index is 12.6. The van der Waals surface area contributed by atoms with Crippen molar-refractivity contribution in [2.24, 2.45) is 0 Å². The van der Waals surface area contributed by atoms with Gasteiger partial charge in [0.15, 0.2) is 0 Å². The van der Waals surface area contributed by atoms with E-state index in [1.165, 1.54) is 6.92 Å². The molecule has 0 aliphatic heterocycles. The van der Waals surface area contributed by atoms with E-state index in [1.54, 1.807) is 0 Å². The third-order valence-corrected chi connectivity index (χ3v) is 2.70. The number of amides is 1. The fourth-order valence-corrected chi connectivity index (χ4v) is 1.58. The highest BCUT2D eigenvalue weighted by Crippen LogP contribution is 2.36. The van der Waals surface area contributed by atoms with Crippen LogP contribution in [0.1, 0.15) is 34.8 Å². The van der Waals surface area contributed by atoms with Crippen molar-refractivity contribution >= 4 is 5.91 Å². The lowest BCUT2D eigenvalue weighted by Crippen LogP contribution is -2.27. The summed E-state index contributed by atoms with van der Waals surface area (Å²) >= 11 is 0. The molecular weight excluding hydrogens is 316 g/mol. The monoisotopic (exact) mass is 329 g/mol. The Morgan fingerprint density at radius 1 is 1.09 bits per heavy atom. The summed E-state index contributed by atoms with van der Waals surface area (Å²) in [5, 5.41) is 11.1. The summed E-state index contributed by atoms with van der Waals surface area (Å²) in [5.74, 6) is -1.07. The summed E-state index contributed by atoms with van der Waals surface area (Å²) in [4.78, 5) is 11.7. The third-order valence-electron chi connectivity index (χ3n) is 2.70. The molecule has 0 saturated heterocycles. The highest BCUT2D eigenvalue weighted by molar-refractivity contribution is 5.94. The molecule has 1 aromatic rings. The number of hydrogen-bond acceptors (Lipinski definition) is 2. The molecule has 1 amide bonds. The van der Waals surface area contributed by atoms with Gasteiger partial charge < -0.3 is 10.4 Å². The van der Waals surface area contributed by atoms with Gasteiger partial charge in [-0.05, 0) is 31.5 Å². The molecule has 0 aromatic heterocycles. The van der Waals surface area contributed by atoms with Crippen LogP contribution >= 0.6 is 0 Å². The van der Waals surface area contributed by atoms with Gasteiger partial charge in [0.2, 0.25) is 0 Å². The lowest BCUT2D eigenvalue weighted by Gasteiger charge is -2.14. The zero-order valence-corrected chi connectivity index (χ0v) is 11.3. The Hall–Kier alpha value is -1.77. The summed E-state index contributed by atoms with van der Waals surface area (Å²) in [6, 6.07) is 0.659. The first-order chi connectivity index (χ1) is 9.91. The Bertz CT molecular complexity index is 504. The maximum absolute atomic E-state index is 12.6. The number of nitrogens with one attached hydrogen (secondary N) is 1. The van der Waals surface area contributed by atoms with E-state index >= 15 is 0 Å². The Balaban J connectivity index is 3.10. The molecule has 0 aliphatic carbocycles. The van der Waals surface area contributed by atoms with Crippen LogP contribution in [0.15, 0.2) is 18.2 Å². The number of carbonyl (C=O) groups excluding carboxylic acids is 1. The highest BCUT2D eigenvalue weighted by Gasteiger charge is 2.37. The Labute approximate surface area is 121 Å². The van der Waals surface area contributed by atoms with Crippen LogP contribution in [-0.2, 0) is 12.4 Å². The zero-order chi connectivity index (χ0) is 17.1. The van der Waals surface area contributed by atoms with E-state index < -0.39 is 41.1 Å². The van der Waals surface area contributed by atoms with Crippen LogP contribution in [0.4, 0.5) is 26.3 Å². The van der Waals surface area contributed by atoms with Gasteiger partial charge in [0.1, 0.15) is 0 Å². The molecule has 9 heteroatoms. The number of carbonyl (C=O) groups is 1. The second-order valence-corrected chi connectivity index (χ2v) is 4.69. The van der Waals surface area contributed by atoms with E-state index in [9.17, 15) is 31.1 Å². The van der Waals surface area contributed by atoms with E-state index in [-0.39, 0.29) is 19.0 Å². The van der Waals surface area contributed by atoms with Gasteiger partial charge in [-0.3, -0.25) is 4.79 Å². The lowest BCUT2D eigenvalue weighted by atomic mass is 10.0. The fraction of sp³-hybridized carbons (Fsp3) is 0.462. The average Bonchev–Trinajstić information content (AvgIpc) is 2.35. The van der Waals surface area contributed by atoms with Crippen molar-refractivity contribution in [2.75, 3.05) is 6.54 Å². The van der Waals surface area contributed by atoms with Crippen LogP contribution in [0.3, 0.4) is 0 Å². The van der Waals surface area contributed by atoms with Crippen molar-refractivity contribution in [2.45, 2.75) is 31.8 Å². The minimum Gasteiger partial charge on any atom is -0.393 e. The summed E-state index contributed by atoms with van der Waals surface area (Å²) in [6.07, 6.45) is -10.6. The van der Waals surface area contributed by atoms with E-state index in [0.717, 1.165) is 0 Å². The first-order valence-corrected chi connectivity index (χ1v) is 6.17. The Morgan fingerprint density at radius 3 is 1.91 bits per heavy atom. The zero-order valence-electron chi connectivity index (χ0n) is 11.3. The van der Waals surface area contributed by atoms with Gasteiger partial charge in [-0.1, -0.05) is 0 Å². The third kappa shape index (κ3) is 5.21. The van der Waals surface area contributed by atoms with E-state index in [0.29, 0.717) is 12.1 Å². The topological polar surface area (TPSA) is 49.3 Å². The summed E-state index contributed by atoms with van der Waals surface area (Å²) in [6.45, 7) is 1.35. The number of alkyl halides is 6. The standard InChI is InChI=1S/C13H13F6NO2/c1-7(21)2-3-20-11(22)8-4-9(12(14,15)16)6-10(5-8)13(17,18)19/h4-7,21H,2-3H2,1H3,(H,20,22). The van der Waals surface area contributed by atoms with Gasteiger partial charge in [0.05, 0.1) is 17.2 Å². The fourth-order valence-electron chi connectivity index (χ4n) is 1.58. The molecule has 3 nitrogen and oxygen atoms in total. The number of rotatable bonds is 4. The van der Waals surface area contributed by atoms with E-state index in [4.69, 9.17) is 5.11 Å². The van der Waals surface area contributed by atoms with Crippen LogP contribution in [0, 0.1) is 0 Å². The molecule has 0 radical (unpaired) electrons. The molecule has 0 aliphatic rings. The molecule has 0 bridgehead atoms. The number of halogens is 6. The van der Waals surface area contributed by atoms with Crippen molar-refractivity contribution in [1.82, 2.24) is 5.32 Å². The summed E-state index contributed by atoms with van der Waals surface area (Å²) in [7, 11) is 0. The van der Waals surface area contributed by atoms with Crippen LogP contribution in [-0.4, -0.2) is 23.7 Å². The molecule has 124 valence electrons.